The number of fused-ring (bicyclic) bond motifs is 1. The van der Waals surface area contributed by atoms with Gasteiger partial charge < -0.3 is 19.2 Å². The van der Waals surface area contributed by atoms with Gasteiger partial charge in [-0.05, 0) is 48.1 Å². The molecule has 0 radical (unpaired) electrons. The molecule has 0 aliphatic rings. The SMILES string of the molecule is COc1ccc(/C=C/C(=O)/C=C/c2ccc(OCCSc3ncnc4nc[nH]c34)cc2)c(OC)c1. The minimum absolute atomic E-state index is 0.128. The van der Waals surface area contributed by atoms with E-state index in [0.29, 0.717) is 23.8 Å². The fraction of sp³-hybridized carbons (Fsp3) is 0.154. The Morgan fingerprint density at radius 1 is 0.971 bits per heavy atom. The number of carbonyl (C=O) groups excluding carboxylic acids is 1. The van der Waals surface area contributed by atoms with Crippen LogP contribution >= 0.6 is 11.8 Å². The van der Waals surface area contributed by atoms with Crippen LogP contribution in [0.15, 0.2) is 72.3 Å². The zero-order valence-electron chi connectivity index (χ0n) is 19.3. The molecule has 0 aliphatic carbocycles. The molecule has 178 valence electrons. The van der Waals surface area contributed by atoms with E-state index in [1.807, 2.05) is 36.4 Å². The van der Waals surface area contributed by atoms with Crippen LogP contribution in [0.2, 0.25) is 0 Å². The summed E-state index contributed by atoms with van der Waals surface area (Å²) >= 11 is 1.58. The largest absolute Gasteiger partial charge is 0.497 e. The van der Waals surface area contributed by atoms with Crippen molar-refractivity contribution in [2.45, 2.75) is 5.03 Å². The Balaban J connectivity index is 1.25. The third-order valence-corrected chi connectivity index (χ3v) is 5.92. The van der Waals surface area contributed by atoms with E-state index in [4.69, 9.17) is 14.2 Å². The molecule has 4 aromatic rings. The summed E-state index contributed by atoms with van der Waals surface area (Å²) in [6, 6.07) is 13.0. The summed E-state index contributed by atoms with van der Waals surface area (Å²) in [5.41, 5.74) is 3.18. The van der Waals surface area contributed by atoms with Gasteiger partial charge in [-0.1, -0.05) is 18.2 Å². The average Bonchev–Trinajstić information content (AvgIpc) is 3.39. The van der Waals surface area contributed by atoms with E-state index >= 15 is 0 Å². The molecule has 2 aromatic carbocycles. The molecule has 0 aliphatic heterocycles. The number of aromatic amines is 1. The highest BCUT2D eigenvalue weighted by atomic mass is 32.2. The second-order valence-electron chi connectivity index (χ2n) is 7.22. The van der Waals surface area contributed by atoms with Crippen molar-refractivity contribution in [2.75, 3.05) is 26.6 Å². The van der Waals surface area contributed by atoms with Crippen LogP contribution in [0.1, 0.15) is 11.1 Å². The van der Waals surface area contributed by atoms with Gasteiger partial charge in [0.1, 0.15) is 34.1 Å². The van der Waals surface area contributed by atoms with E-state index in [2.05, 4.69) is 19.9 Å². The number of methoxy groups -OCH3 is 2. The van der Waals surface area contributed by atoms with Crippen LogP contribution in [0.5, 0.6) is 17.2 Å². The molecule has 0 bridgehead atoms. The Labute approximate surface area is 207 Å². The second kappa shape index (κ2) is 11.8. The first-order valence-electron chi connectivity index (χ1n) is 10.8. The normalized spacial score (nSPS) is 11.4. The number of allylic oxidation sites excluding steroid dienone is 2. The van der Waals surface area contributed by atoms with Gasteiger partial charge in [-0.3, -0.25) is 4.79 Å². The van der Waals surface area contributed by atoms with Crippen molar-refractivity contribution in [3.05, 3.63) is 78.4 Å². The first-order valence-corrected chi connectivity index (χ1v) is 11.8. The monoisotopic (exact) mass is 488 g/mol. The zero-order chi connectivity index (χ0) is 24.5. The molecule has 8 nitrogen and oxygen atoms in total. The number of benzene rings is 2. The average molecular weight is 489 g/mol. The Morgan fingerprint density at radius 3 is 2.57 bits per heavy atom. The lowest BCUT2D eigenvalue weighted by Gasteiger charge is -2.07. The van der Waals surface area contributed by atoms with E-state index in [-0.39, 0.29) is 5.78 Å². The van der Waals surface area contributed by atoms with Crippen LogP contribution < -0.4 is 14.2 Å². The van der Waals surface area contributed by atoms with Crippen molar-refractivity contribution in [3.8, 4) is 17.2 Å². The lowest BCUT2D eigenvalue weighted by atomic mass is 10.1. The first-order chi connectivity index (χ1) is 17.2. The van der Waals surface area contributed by atoms with Crippen molar-refractivity contribution in [1.82, 2.24) is 19.9 Å². The number of carbonyl (C=O) groups is 1. The van der Waals surface area contributed by atoms with Crippen molar-refractivity contribution >= 4 is 40.9 Å². The molecule has 0 fully saturated rings. The maximum absolute atomic E-state index is 12.3. The fourth-order valence-corrected chi connectivity index (χ4v) is 3.96. The summed E-state index contributed by atoms with van der Waals surface area (Å²) in [5, 5.41) is 0.848. The highest BCUT2D eigenvalue weighted by Gasteiger charge is 2.06. The summed E-state index contributed by atoms with van der Waals surface area (Å²) in [4.78, 5) is 27.8. The molecule has 2 heterocycles. The number of ether oxygens (including phenoxy) is 3. The minimum Gasteiger partial charge on any atom is -0.497 e. The Morgan fingerprint density at radius 2 is 1.77 bits per heavy atom. The summed E-state index contributed by atoms with van der Waals surface area (Å²) < 4.78 is 16.4. The van der Waals surface area contributed by atoms with Crippen molar-refractivity contribution < 1.29 is 19.0 Å². The van der Waals surface area contributed by atoms with Crippen LogP contribution in [0, 0.1) is 0 Å². The summed E-state index contributed by atoms with van der Waals surface area (Å²) in [6.45, 7) is 0.525. The van der Waals surface area contributed by atoms with Crippen molar-refractivity contribution in [2.24, 2.45) is 0 Å². The van der Waals surface area contributed by atoms with Gasteiger partial charge in [0, 0.05) is 17.4 Å². The third kappa shape index (κ3) is 6.48. The van der Waals surface area contributed by atoms with E-state index < -0.39 is 0 Å². The van der Waals surface area contributed by atoms with Crippen LogP contribution in [0.4, 0.5) is 0 Å². The summed E-state index contributed by atoms with van der Waals surface area (Å²) in [7, 11) is 3.17. The highest BCUT2D eigenvalue weighted by Crippen LogP contribution is 2.26. The number of thioether (sulfide) groups is 1. The smallest absolute Gasteiger partial charge is 0.181 e. The van der Waals surface area contributed by atoms with E-state index in [9.17, 15) is 4.79 Å². The number of hydrogen-bond acceptors (Lipinski definition) is 8. The number of rotatable bonds is 11. The van der Waals surface area contributed by atoms with Gasteiger partial charge in [0.15, 0.2) is 11.4 Å². The number of nitrogens with zero attached hydrogens (tertiary/aromatic N) is 3. The molecule has 0 atom stereocenters. The molecule has 0 amide bonds. The minimum atomic E-state index is -0.128. The summed E-state index contributed by atoms with van der Waals surface area (Å²) in [5.74, 6) is 2.69. The number of aromatic nitrogens is 4. The maximum Gasteiger partial charge on any atom is 0.181 e. The second-order valence-corrected chi connectivity index (χ2v) is 8.31. The highest BCUT2D eigenvalue weighted by molar-refractivity contribution is 7.99. The van der Waals surface area contributed by atoms with Gasteiger partial charge in [0.25, 0.3) is 0 Å². The number of nitrogens with one attached hydrogen (secondary N) is 1. The van der Waals surface area contributed by atoms with Crippen molar-refractivity contribution in [3.63, 3.8) is 0 Å². The fourth-order valence-electron chi connectivity index (χ4n) is 3.19. The van der Waals surface area contributed by atoms with E-state index in [1.54, 1.807) is 50.5 Å². The predicted molar refractivity (Wildman–Crippen MR) is 137 cm³/mol. The van der Waals surface area contributed by atoms with Gasteiger partial charge in [-0.2, -0.15) is 0 Å². The van der Waals surface area contributed by atoms with E-state index in [0.717, 1.165) is 33.2 Å². The number of ketones is 1. The van der Waals surface area contributed by atoms with Gasteiger partial charge in [-0.15, -0.1) is 11.8 Å². The molecular weight excluding hydrogens is 464 g/mol. The van der Waals surface area contributed by atoms with E-state index in [1.165, 1.54) is 18.5 Å². The molecule has 0 unspecified atom stereocenters. The van der Waals surface area contributed by atoms with Crippen LogP contribution in [0.25, 0.3) is 23.3 Å². The molecule has 0 saturated carbocycles. The third-order valence-electron chi connectivity index (χ3n) is 4.97. The molecular formula is C26H24N4O4S. The van der Waals surface area contributed by atoms with Crippen LogP contribution in [-0.2, 0) is 4.79 Å². The summed E-state index contributed by atoms with van der Waals surface area (Å²) in [6.07, 6.45) is 9.63. The van der Waals surface area contributed by atoms with Gasteiger partial charge in [-0.25, -0.2) is 15.0 Å². The lowest BCUT2D eigenvalue weighted by molar-refractivity contribution is -0.110. The van der Waals surface area contributed by atoms with Gasteiger partial charge >= 0.3 is 0 Å². The van der Waals surface area contributed by atoms with Gasteiger partial charge in [0.2, 0.25) is 0 Å². The zero-order valence-corrected chi connectivity index (χ0v) is 20.1. The molecule has 4 rings (SSSR count). The molecule has 1 N–H and O–H groups in total. The molecule has 35 heavy (non-hydrogen) atoms. The molecule has 2 aromatic heterocycles. The van der Waals surface area contributed by atoms with Crippen LogP contribution in [-0.4, -0.2) is 52.3 Å². The quantitative estimate of drug-likeness (QED) is 0.139. The lowest BCUT2D eigenvalue weighted by Crippen LogP contribution is -2.00. The van der Waals surface area contributed by atoms with Crippen molar-refractivity contribution in [1.29, 1.82) is 0 Å². The Hall–Kier alpha value is -4.11. The van der Waals surface area contributed by atoms with Gasteiger partial charge in [0.05, 0.1) is 27.2 Å². The molecule has 0 spiro atoms. The predicted octanol–water partition coefficient (Wildman–Crippen LogP) is 4.84. The number of hydrogen-bond donors (Lipinski definition) is 1. The topological polar surface area (TPSA) is 99.2 Å². The maximum atomic E-state index is 12.3. The number of imidazole rings is 1. The Bertz CT molecular complexity index is 1350. The molecule has 9 heteroatoms. The van der Waals surface area contributed by atoms with Crippen LogP contribution in [0.3, 0.4) is 0 Å². The molecule has 0 saturated heterocycles. The number of H-pyrrole nitrogens is 1. The first kappa shape index (κ1) is 24.0. The standard InChI is InChI=1S/C26H24N4O4S/c1-32-22-12-7-19(23(15-22)33-2)6-9-20(31)8-3-18-4-10-21(11-5-18)34-13-14-35-26-24-25(28-16-27-24)29-17-30-26/h3-12,15-17H,13-14H2,1-2H3,(H,27,28,29,30)/b8-3+,9-6+. The Kier molecular flexibility index (Phi) is 8.13.